The van der Waals surface area contributed by atoms with Gasteiger partial charge in [0.15, 0.2) is 11.5 Å². The molecular formula is C18H27F3N4O2. The molecule has 0 spiro atoms. The van der Waals surface area contributed by atoms with Gasteiger partial charge < -0.3 is 10.6 Å². The van der Waals surface area contributed by atoms with E-state index in [9.17, 15) is 22.8 Å². The molecule has 1 aromatic heterocycles. The Balaban J connectivity index is 2.54. The molecule has 152 valence electrons. The van der Waals surface area contributed by atoms with Crippen molar-refractivity contribution in [3.8, 4) is 0 Å². The summed E-state index contributed by atoms with van der Waals surface area (Å²) in [6, 6.07) is -0.175. The molecule has 0 radical (unpaired) electrons. The van der Waals surface area contributed by atoms with E-state index in [2.05, 4.69) is 15.6 Å². The molecule has 0 saturated heterocycles. The lowest BCUT2D eigenvalue weighted by atomic mass is 9.92. The van der Waals surface area contributed by atoms with Crippen LogP contribution in [0.4, 0.5) is 24.7 Å². The third-order valence-corrected chi connectivity index (χ3v) is 4.16. The van der Waals surface area contributed by atoms with Crippen molar-refractivity contribution in [3.63, 3.8) is 0 Å². The summed E-state index contributed by atoms with van der Waals surface area (Å²) in [5.74, 6) is -2.47. The number of anilines is 2. The molecule has 2 heterocycles. The number of halogens is 3. The van der Waals surface area contributed by atoms with Crippen molar-refractivity contribution < 1.29 is 18.0 Å². The molecule has 2 rings (SSSR count). The molecule has 0 saturated carbocycles. The topological polar surface area (TPSA) is 76.0 Å². The van der Waals surface area contributed by atoms with Crippen LogP contribution < -0.4 is 16.2 Å². The van der Waals surface area contributed by atoms with Crippen LogP contribution in [0.3, 0.4) is 0 Å². The van der Waals surface area contributed by atoms with Crippen molar-refractivity contribution in [1.82, 2.24) is 9.55 Å². The highest BCUT2D eigenvalue weighted by Gasteiger charge is 2.45. The van der Waals surface area contributed by atoms with E-state index in [0.29, 0.717) is 0 Å². The van der Waals surface area contributed by atoms with E-state index < -0.39 is 17.7 Å². The first-order valence-corrected chi connectivity index (χ1v) is 9.07. The number of alkyl halides is 3. The minimum Gasteiger partial charge on any atom is -0.366 e. The minimum absolute atomic E-state index is 0.0142. The number of amides is 1. The third kappa shape index (κ3) is 5.23. The zero-order valence-electron chi connectivity index (χ0n) is 16.3. The first-order chi connectivity index (χ1) is 12.3. The number of nitrogens with zero attached hydrogens (tertiary/aromatic N) is 2. The fourth-order valence-corrected chi connectivity index (χ4v) is 3.10. The van der Waals surface area contributed by atoms with Gasteiger partial charge in [0.05, 0.1) is 0 Å². The van der Waals surface area contributed by atoms with E-state index >= 15 is 0 Å². The number of hydrogen-bond acceptors (Lipinski definition) is 4. The number of rotatable bonds is 4. The van der Waals surface area contributed by atoms with Crippen LogP contribution in [0.15, 0.2) is 4.79 Å². The van der Waals surface area contributed by atoms with Crippen LogP contribution in [0.2, 0.25) is 0 Å². The van der Waals surface area contributed by atoms with Gasteiger partial charge >= 0.3 is 6.18 Å². The number of nitrogens with one attached hydrogen (secondary N) is 2. The number of carbonyl (C=O) groups is 1. The van der Waals surface area contributed by atoms with E-state index in [4.69, 9.17) is 0 Å². The van der Waals surface area contributed by atoms with Crippen molar-refractivity contribution in [2.45, 2.75) is 78.6 Å². The van der Waals surface area contributed by atoms with Crippen molar-refractivity contribution in [1.29, 1.82) is 0 Å². The van der Waals surface area contributed by atoms with Crippen molar-refractivity contribution in [2.75, 3.05) is 10.6 Å². The highest BCUT2D eigenvalue weighted by Crippen LogP contribution is 2.40. The predicted molar refractivity (Wildman–Crippen MR) is 98.0 cm³/mol. The van der Waals surface area contributed by atoms with Gasteiger partial charge in [-0.1, -0.05) is 20.8 Å². The number of hydrogen-bond donors (Lipinski definition) is 2. The van der Waals surface area contributed by atoms with Gasteiger partial charge in [-0.3, -0.25) is 14.2 Å². The van der Waals surface area contributed by atoms with Crippen LogP contribution in [-0.4, -0.2) is 27.7 Å². The SMILES string of the molecule is CC(C)Nc1nc2n(c(=O)c1NC(=O)CC(C)(C)C)CCCC2C(F)(F)F. The standard InChI is InChI=1S/C18H27F3N4O2/c1-10(2)22-14-13(23-12(26)9-17(3,4)5)16(27)25-8-6-7-11(15(25)24-14)18(19,20)21/h10-11,22H,6-9H2,1-5H3,(H,23,26). The molecule has 1 aliphatic heterocycles. The van der Waals surface area contributed by atoms with Gasteiger partial charge in [0.1, 0.15) is 11.7 Å². The summed E-state index contributed by atoms with van der Waals surface area (Å²) in [6.45, 7) is 9.35. The fourth-order valence-electron chi connectivity index (χ4n) is 3.10. The summed E-state index contributed by atoms with van der Waals surface area (Å²) in [5.41, 5.74) is -1.04. The Kier molecular flexibility index (Phi) is 5.91. The van der Waals surface area contributed by atoms with Crippen LogP contribution >= 0.6 is 0 Å². The maximum atomic E-state index is 13.4. The molecule has 1 aromatic rings. The van der Waals surface area contributed by atoms with Crippen LogP contribution in [0.25, 0.3) is 0 Å². The highest BCUT2D eigenvalue weighted by atomic mass is 19.4. The molecule has 0 fully saturated rings. The number of carbonyl (C=O) groups excluding carboxylic acids is 1. The summed E-state index contributed by atoms with van der Waals surface area (Å²) in [4.78, 5) is 29.3. The first-order valence-electron chi connectivity index (χ1n) is 9.07. The lowest BCUT2D eigenvalue weighted by Gasteiger charge is -2.29. The first kappa shape index (κ1) is 21.2. The summed E-state index contributed by atoms with van der Waals surface area (Å²) < 4.78 is 41.2. The molecule has 27 heavy (non-hydrogen) atoms. The van der Waals surface area contributed by atoms with Gasteiger partial charge in [-0.15, -0.1) is 0 Å². The molecule has 1 amide bonds. The van der Waals surface area contributed by atoms with E-state index in [-0.39, 0.29) is 60.5 Å². The average molecular weight is 388 g/mol. The van der Waals surface area contributed by atoms with E-state index in [1.165, 1.54) is 0 Å². The van der Waals surface area contributed by atoms with E-state index in [1.807, 2.05) is 20.8 Å². The molecule has 6 nitrogen and oxygen atoms in total. The number of fused-ring (bicyclic) bond motifs is 1. The van der Waals surface area contributed by atoms with Gasteiger partial charge in [0.25, 0.3) is 5.56 Å². The molecule has 1 aliphatic rings. The van der Waals surface area contributed by atoms with Crippen LogP contribution in [-0.2, 0) is 11.3 Å². The minimum atomic E-state index is -4.48. The Morgan fingerprint density at radius 1 is 1.30 bits per heavy atom. The molecule has 0 aliphatic carbocycles. The molecule has 0 aromatic carbocycles. The second-order valence-electron chi connectivity index (χ2n) is 8.47. The molecule has 1 unspecified atom stereocenters. The molecule has 1 atom stereocenters. The van der Waals surface area contributed by atoms with Crippen LogP contribution in [0.1, 0.15) is 65.6 Å². The van der Waals surface area contributed by atoms with E-state index in [1.54, 1.807) is 13.8 Å². The second-order valence-corrected chi connectivity index (χ2v) is 8.47. The zero-order chi connectivity index (χ0) is 20.6. The summed E-state index contributed by atoms with van der Waals surface area (Å²) in [5, 5.41) is 5.46. The maximum absolute atomic E-state index is 13.4. The molecule has 9 heteroatoms. The Hall–Kier alpha value is -2.06. The lowest BCUT2D eigenvalue weighted by molar-refractivity contribution is -0.156. The third-order valence-electron chi connectivity index (χ3n) is 4.16. The quantitative estimate of drug-likeness (QED) is 0.821. The lowest BCUT2D eigenvalue weighted by Crippen LogP contribution is -2.38. The normalized spacial score (nSPS) is 17.6. The Bertz CT molecular complexity index is 764. The second kappa shape index (κ2) is 7.52. The smallest absolute Gasteiger partial charge is 0.366 e. The largest absolute Gasteiger partial charge is 0.398 e. The molecule has 0 bridgehead atoms. The summed E-state index contributed by atoms with van der Waals surface area (Å²) >= 11 is 0. The highest BCUT2D eigenvalue weighted by molar-refractivity contribution is 5.93. The van der Waals surface area contributed by atoms with Gasteiger partial charge in [-0.25, -0.2) is 4.98 Å². The maximum Gasteiger partial charge on any atom is 0.398 e. The van der Waals surface area contributed by atoms with Crippen molar-refractivity contribution >= 4 is 17.4 Å². The summed E-state index contributed by atoms with van der Waals surface area (Å²) in [7, 11) is 0. The van der Waals surface area contributed by atoms with Gasteiger partial charge in [-0.2, -0.15) is 13.2 Å². The fraction of sp³-hybridized carbons (Fsp3) is 0.722. The van der Waals surface area contributed by atoms with Crippen molar-refractivity contribution in [3.05, 3.63) is 16.2 Å². The van der Waals surface area contributed by atoms with Crippen LogP contribution in [0, 0.1) is 5.41 Å². The Morgan fingerprint density at radius 3 is 2.44 bits per heavy atom. The van der Waals surface area contributed by atoms with Gasteiger partial charge in [0, 0.05) is 19.0 Å². The molecular weight excluding hydrogens is 361 g/mol. The van der Waals surface area contributed by atoms with Gasteiger partial charge in [-0.05, 0) is 32.1 Å². The van der Waals surface area contributed by atoms with Crippen molar-refractivity contribution in [2.24, 2.45) is 5.41 Å². The van der Waals surface area contributed by atoms with Crippen LogP contribution in [0.5, 0.6) is 0 Å². The zero-order valence-corrected chi connectivity index (χ0v) is 16.3. The monoisotopic (exact) mass is 388 g/mol. The van der Waals surface area contributed by atoms with Gasteiger partial charge in [0.2, 0.25) is 5.91 Å². The number of aromatic nitrogens is 2. The average Bonchev–Trinajstić information content (AvgIpc) is 2.47. The summed E-state index contributed by atoms with van der Waals surface area (Å²) in [6.07, 6.45) is -4.19. The predicted octanol–water partition coefficient (Wildman–Crippen LogP) is 3.88. The Morgan fingerprint density at radius 2 is 1.93 bits per heavy atom. The molecule has 2 N–H and O–H groups in total. The Labute approximate surface area is 156 Å². The van der Waals surface area contributed by atoms with E-state index in [0.717, 1.165) is 4.57 Å².